The largest absolute Gasteiger partial charge is 0.396 e. The van der Waals surface area contributed by atoms with Gasteiger partial charge in [-0.2, -0.15) is 12.6 Å². The Hall–Kier alpha value is 0.310. The fourth-order valence-corrected chi connectivity index (χ4v) is 2.39. The van der Waals surface area contributed by atoms with Gasteiger partial charge >= 0.3 is 0 Å². The molecule has 0 radical (unpaired) electrons. The molecule has 104 valence electrons. The van der Waals surface area contributed by atoms with E-state index in [0.29, 0.717) is 6.61 Å². The summed E-state index contributed by atoms with van der Waals surface area (Å²) in [6, 6.07) is 0. The Balaban J connectivity index is 2.85. The molecule has 1 N–H and O–H groups in total. The number of hydrogen-bond donors (Lipinski definition) is 2. The lowest BCUT2D eigenvalue weighted by Crippen LogP contribution is -1.85. The predicted molar refractivity (Wildman–Crippen MR) is 81.0 cm³/mol. The zero-order chi connectivity index (χ0) is 12.6. The van der Waals surface area contributed by atoms with Gasteiger partial charge in [0.1, 0.15) is 0 Å². The molecule has 0 aromatic heterocycles. The summed E-state index contributed by atoms with van der Waals surface area (Å²) in [6.45, 7) is 0.368. The van der Waals surface area contributed by atoms with Gasteiger partial charge in [0, 0.05) is 6.61 Å². The van der Waals surface area contributed by atoms with E-state index in [9.17, 15) is 0 Å². The lowest BCUT2D eigenvalue weighted by atomic mass is 10.0. The Bertz CT molecular complexity index is 114. The van der Waals surface area contributed by atoms with Crippen LogP contribution in [0.2, 0.25) is 0 Å². The highest BCUT2D eigenvalue weighted by Gasteiger charge is 1.93. The standard InChI is InChI=1S/C15H32OS/c16-14-12-10-8-6-4-2-1-3-5-7-9-11-13-15-17/h16-17H,1-15H2. The summed E-state index contributed by atoms with van der Waals surface area (Å²) in [5.41, 5.74) is 0. The van der Waals surface area contributed by atoms with Crippen molar-refractivity contribution in [1.29, 1.82) is 0 Å². The van der Waals surface area contributed by atoms with Crippen LogP contribution in [0.4, 0.5) is 0 Å². The Kier molecular flexibility index (Phi) is 16.6. The second kappa shape index (κ2) is 16.3. The molecule has 0 aliphatic heterocycles. The molecule has 0 aliphatic carbocycles. The van der Waals surface area contributed by atoms with Crippen LogP contribution in [-0.2, 0) is 0 Å². The van der Waals surface area contributed by atoms with Gasteiger partial charge in [-0.3, -0.25) is 0 Å². The summed E-state index contributed by atoms with van der Waals surface area (Å²) in [5, 5.41) is 8.64. The summed E-state index contributed by atoms with van der Waals surface area (Å²) in [4.78, 5) is 0. The number of rotatable bonds is 14. The van der Waals surface area contributed by atoms with E-state index in [0.717, 1.165) is 12.2 Å². The quantitative estimate of drug-likeness (QED) is 0.333. The molecular weight excluding hydrogens is 228 g/mol. The first kappa shape index (κ1) is 17.3. The van der Waals surface area contributed by atoms with Crippen LogP contribution in [0.15, 0.2) is 0 Å². The van der Waals surface area contributed by atoms with Gasteiger partial charge in [-0.05, 0) is 18.6 Å². The molecule has 0 aromatic carbocycles. The normalized spacial score (nSPS) is 10.9. The van der Waals surface area contributed by atoms with Gasteiger partial charge in [0.2, 0.25) is 0 Å². The molecule has 17 heavy (non-hydrogen) atoms. The van der Waals surface area contributed by atoms with E-state index in [4.69, 9.17) is 5.11 Å². The minimum atomic E-state index is 0.368. The van der Waals surface area contributed by atoms with E-state index in [2.05, 4.69) is 12.6 Å². The van der Waals surface area contributed by atoms with Crippen LogP contribution < -0.4 is 0 Å². The minimum Gasteiger partial charge on any atom is -0.396 e. The van der Waals surface area contributed by atoms with Crippen molar-refractivity contribution in [3.63, 3.8) is 0 Å². The number of hydrogen-bond acceptors (Lipinski definition) is 2. The minimum absolute atomic E-state index is 0.368. The summed E-state index contributed by atoms with van der Waals surface area (Å²) in [6.07, 6.45) is 17.4. The van der Waals surface area contributed by atoms with Crippen LogP contribution in [0.1, 0.15) is 83.5 Å². The molecule has 2 heteroatoms. The zero-order valence-electron chi connectivity index (χ0n) is 11.5. The number of aliphatic hydroxyl groups excluding tert-OH is 1. The summed E-state index contributed by atoms with van der Waals surface area (Å²) < 4.78 is 0. The van der Waals surface area contributed by atoms with Crippen LogP contribution >= 0.6 is 12.6 Å². The van der Waals surface area contributed by atoms with Crippen LogP contribution in [0.5, 0.6) is 0 Å². The van der Waals surface area contributed by atoms with E-state index in [-0.39, 0.29) is 0 Å². The van der Waals surface area contributed by atoms with Crippen LogP contribution in [0.3, 0.4) is 0 Å². The Labute approximate surface area is 114 Å². The molecule has 0 saturated heterocycles. The molecule has 0 heterocycles. The Morgan fingerprint density at radius 3 is 1.06 bits per heavy atom. The second-order valence-corrected chi connectivity index (χ2v) is 5.49. The van der Waals surface area contributed by atoms with Crippen molar-refractivity contribution in [2.45, 2.75) is 83.5 Å². The van der Waals surface area contributed by atoms with Gasteiger partial charge in [-0.25, -0.2) is 0 Å². The molecule has 0 saturated carbocycles. The van der Waals surface area contributed by atoms with Crippen molar-refractivity contribution in [2.75, 3.05) is 12.4 Å². The fourth-order valence-electron chi connectivity index (χ4n) is 2.17. The third-order valence-electron chi connectivity index (χ3n) is 3.32. The first-order valence-electron chi connectivity index (χ1n) is 7.63. The van der Waals surface area contributed by atoms with Gasteiger partial charge in [0.05, 0.1) is 0 Å². The van der Waals surface area contributed by atoms with Gasteiger partial charge in [-0.1, -0.05) is 70.6 Å². The maximum atomic E-state index is 8.64. The lowest BCUT2D eigenvalue weighted by Gasteiger charge is -2.02. The Morgan fingerprint density at radius 2 is 0.765 bits per heavy atom. The van der Waals surface area contributed by atoms with Gasteiger partial charge in [-0.15, -0.1) is 0 Å². The van der Waals surface area contributed by atoms with Crippen LogP contribution in [-0.4, -0.2) is 17.5 Å². The zero-order valence-corrected chi connectivity index (χ0v) is 12.4. The number of aliphatic hydroxyl groups is 1. The van der Waals surface area contributed by atoms with Crippen LogP contribution in [0, 0.1) is 0 Å². The average Bonchev–Trinajstić information content (AvgIpc) is 2.35. The fraction of sp³-hybridized carbons (Fsp3) is 1.00. The van der Waals surface area contributed by atoms with Crippen molar-refractivity contribution in [3.8, 4) is 0 Å². The maximum absolute atomic E-state index is 8.64. The van der Waals surface area contributed by atoms with Crippen molar-refractivity contribution in [2.24, 2.45) is 0 Å². The molecule has 0 fully saturated rings. The topological polar surface area (TPSA) is 20.2 Å². The van der Waals surface area contributed by atoms with Crippen molar-refractivity contribution < 1.29 is 5.11 Å². The summed E-state index contributed by atoms with van der Waals surface area (Å²) >= 11 is 4.22. The highest BCUT2D eigenvalue weighted by Crippen LogP contribution is 2.12. The molecule has 0 amide bonds. The van der Waals surface area contributed by atoms with E-state index in [1.165, 1.54) is 77.0 Å². The van der Waals surface area contributed by atoms with E-state index in [1.807, 2.05) is 0 Å². The highest BCUT2D eigenvalue weighted by atomic mass is 32.1. The first-order valence-corrected chi connectivity index (χ1v) is 8.26. The SMILES string of the molecule is OCCCCCCCCCCCCCCCS. The molecule has 0 rings (SSSR count). The molecular formula is C15H32OS. The van der Waals surface area contributed by atoms with Crippen molar-refractivity contribution >= 4 is 12.6 Å². The van der Waals surface area contributed by atoms with Gasteiger partial charge in [0.25, 0.3) is 0 Å². The molecule has 0 spiro atoms. The third kappa shape index (κ3) is 16.3. The first-order chi connectivity index (χ1) is 8.41. The summed E-state index contributed by atoms with van der Waals surface area (Å²) in [7, 11) is 0. The Morgan fingerprint density at radius 1 is 0.471 bits per heavy atom. The number of thiol groups is 1. The monoisotopic (exact) mass is 260 g/mol. The van der Waals surface area contributed by atoms with Gasteiger partial charge in [0.15, 0.2) is 0 Å². The van der Waals surface area contributed by atoms with Crippen molar-refractivity contribution in [3.05, 3.63) is 0 Å². The third-order valence-corrected chi connectivity index (χ3v) is 3.63. The van der Waals surface area contributed by atoms with E-state index in [1.54, 1.807) is 0 Å². The van der Waals surface area contributed by atoms with E-state index < -0.39 is 0 Å². The van der Waals surface area contributed by atoms with Gasteiger partial charge < -0.3 is 5.11 Å². The highest BCUT2D eigenvalue weighted by molar-refractivity contribution is 7.80. The van der Waals surface area contributed by atoms with Crippen LogP contribution in [0.25, 0.3) is 0 Å². The molecule has 0 unspecified atom stereocenters. The summed E-state index contributed by atoms with van der Waals surface area (Å²) in [5.74, 6) is 1.05. The molecule has 0 bridgehead atoms. The second-order valence-electron chi connectivity index (χ2n) is 5.04. The van der Waals surface area contributed by atoms with Crippen molar-refractivity contribution in [1.82, 2.24) is 0 Å². The van der Waals surface area contributed by atoms with E-state index >= 15 is 0 Å². The maximum Gasteiger partial charge on any atom is 0.0431 e. The molecule has 0 atom stereocenters. The average molecular weight is 260 g/mol. The predicted octanol–water partition coefficient (Wildman–Crippen LogP) is 4.98. The molecule has 0 aliphatic rings. The lowest BCUT2D eigenvalue weighted by molar-refractivity contribution is 0.282. The smallest absolute Gasteiger partial charge is 0.0431 e. The molecule has 1 nitrogen and oxygen atoms in total. The number of unbranched alkanes of at least 4 members (excludes halogenated alkanes) is 12. The molecule has 0 aromatic rings.